The second-order valence-corrected chi connectivity index (χ2v) is 10.3. The molecule has 32 heavy (non-hydrogen) atoms. The molecule has 3 heteroatoms. The van der Waals surface area contributed by atoms with Crippen LogP contribution in [-0.2, 0) is 4.79 Å². The Morgan fingerprint density at radius 2 is 0.844 bits per heavy atom. The van der Waals surface area contributed by atoms with E-state index in [9.17, 15) is 9.90 Å². The number of quaternary nitrogens is 1. The summed E-state index contributed by atoms with van der Waals surface area (Å²) in [5.74, 6) is -0.549. The van der Waals surface area contributed by atoms with Crippen molar-refractivity contribution in [1.29, 1.82) is 0 Å². The van der Waals surface area contributed by atoms with Crippen LogP contribution in [0.5, 0.6) is 0 Å². The normalized spacial score (nSPS) is 12.9. The third-order valence-electron chi connectivity index (χ3n) is 7.40. The van der Waals surface area contributed by atoms with E-state index in [4.69, 9.17) is 0 Å². The lowest BCUT2D eigenvalue weighted by atomic mass is 9.99. The van der Waals surface area contributed by atoms with E-state index < -0.39 is 5.97 Å². The van der Waals surface area contributed by atoms with Crippen molar-refractivity contribution in [3.63, 3.8) is 0 Å². The summed E-state index contributed by atoms with van der Waals surface area (Å²) in [4.78, 5) is 12.4. The number of carboxylic acids is 1. The van der Waals surface area contributed by atoms with Crippen LogP contribution in [0.2, 0.25) is 0 Å². The molecule has 0 aliphatic heterocycles. The molecule has 0 saturated heterocycles. The van der Waals surface area contributed by atoms with E-state index in [1.54, 1.807) is 0 Å². The quantitative estimate of drug-likeness (QED) is 0.110. The molecule has 1 N–H and O–H groups in total. The molecule has 0 fully saturated rings. The average molecular weight is 455 g/mol. The maximum atomic E-state index is 12.4. The number of carboxylic acid groups (broad SMARTS) is 1. The lowest BCUT2D eigenvalue weighted by Gasteiger charge is -2.43. The van der Waals surface area contributed by atoms with Crippen LogP contribution in [0.15, 0.2) is 0 Å². The monoisotopic (exact) mass is 454 g/mol. The summed E-state index contributed by atoms with van der Waals surface area (Å²) < 4.78 is 0.836. The molecule has 0 aliphatic carbocycles. The van der Waals surface area contributed by atoms with E-state index in [1.165, 1.54) is 77.0 Å². The third kappa shape index (κ3) is 15.3. The summed E-state index contributed by atoms with van der Waals surface area (Å²) >= 11 is 0. The predicted molar refractivity (Wildman–Crippen MR) is 141 cm³/mol. The second kappa shape index (κ2) is 22.2. The van der Waals surface area contributed by atoms with Gasteiger partial charge in [-0.05, 0) is 25.7 Å². The van der Waals surface area contributed by atoms with Crippen molar-refractivity contribution >= 4 is 5.97 Å². The fourth-order valence-corrected chi connectivity index (χ4v) is 5.21. The van der Waals surface area contributed by atoms with E-state index in [1.807, 2.05) is 0 Å². The third-order valence-corrected chi connectivity index (χ3v) is 7.40. The molecular formula is C29H60NO2+. The molecule has 0 spiro atoms. The fourth-order valence-electron chi connectivity index (χ4n) is 5.21. The molecule has 3 nitrogen and oxygen atoms in total. The molecule has 0 amide bonds. The summed E-state index contributed by atoms with van der Waals surface area (Å²) in [7, 11) is 0. The number of unbranched alkanes of at least 4 members (excludes halogenated alkanes) is 15. The number of aliphatic carboxylic acids is 1. The van der Waals surface area contributed by atoms with Gasteiger partial charge in [0.05, 0.1) is 19.6 Å². The first-order valence-corrected chi connectivity index (χ1v) is 14.7. The predicted octanol–water partition coefficient (Wildman–Crippen LogP) is 9.14. The SMILES string of the molecule is CCCCCCCCCCCCCCCC(C(=O)O)[N+](CCCC)(CCCC)CCCC. The van der Waals surface area contributed by atoms with Crippen molar-refractivity contribution in [3.05, 3.63) is 0 Å². The summed E-state index contributed by atoms with van der Waals surface area (Å²) in [6, 6.07) is -0.202. The van der Waals surface area contributed by atoms with Gasteiger partial charge in [0.2, 0.25) is 0 Å². The van der Waals surface area contributed by atoms with Gasteiger partial charge in [-0.15, -0.1) is 0 Å². The van der Waals surface area contributed by atoms with Crippen molar-refractivity contribution in [2.45, 2.75) is 162 Å². The van der Waals surface area contributed by atoms with Crippen molar-refractivity contribution in [2.24, 2.45) is 0 Å². The molecule has 0 aromatic rings. The highest BCUT2D eigenvalue weighted by atomic mass is 16.4. The molecule has 0 radical (unpaired) electrons. The number of nitrogens with zero attached hydrogens (tertiary/aromatic N) is 1. The topological polar surface area (TPSA) is 37.3 Å². The van der Waals surface area contributed by atoms with Gasteiger partial charge in [0.1, 0.15) is 0 Å². The molecule has 192 valence electrons. The Morgan fingerprint density at radius 1 is 0.531 bits per heavy atom. The average Bonchev–Trinajstić information content (AvgIpc) is 2.79. The second-order valence-electron chi connectivity index (χ2n) is 10.3. The Hall–Kier alpha value is -0.570. The van der Waals surface area contributed by atoms with Gasteiger partial charge in [-0.1, -0.05) is 124 Å². The first-order valence-electron chi connectivity index (χ1n) is 14.7. The molecule has 0 saturated carbocycles. The lowest BCUT2D eigenvalue weighted by Crippen LogP contribution is -2.60. The van der Waals surface area contributed by atoms with Crippen molar-refractivity contribution in [2.75, 3.05) is 19.6 Å². The Kier molecular flexibility index (Phi) is 21.8. The molecule has 1 atom stereocenters. The minimum absolute atomic E-state index is 0.202. The number of rotatable bonds is 25. The smallest absolute Gasteiger partial charge is 0.362 e. The highest BCUT2D eigenvalue weighted by Crippen LogP contribution is 2.25. The van der Waals surface area contributed by atoms with E-state index >= 15 is 0 Å². The zero-order chi connectivity index (χ0) is 23.9. The number of hydrogen-bond donors (Lipinski definition) is 1. The molecule has 0 aromatic carbocycles. The van der Waals surface area contributed by atoms with Crippen molar-refractivity contribution in [1.82, 2.24) is 0 Å². The molecule has 0 aromatic heterocycles. The Bertz CT molecular complexity index is 388. The minimum Gasteiger partial charge on any atom is -0.477 e. The van der Waals surface area contributed by atoms with Crippen LogP contribution >= 0.6 is 0 Å². The van der Waals surface area contributed by atoms with Gasteiger partial charge < -0.3 is 9.59 Å². The zero-order valence-corrected chi connectivity index (χ0v) is 22.6. The molecule has 0 bridgehead atoms. The van der Waals surface area contributed by atoms with Gasteiger partial charge in [0, 0.05) is 6.42 Å². The highest BCUT2D eigenvalue weighted by Gasteiger charge is 2.40. The first kappa shape index (κ1) is 31.4. The Morgan fingerprint density at radius 3 is 1.16 bits per heavy atom. The highest BCUT2D eigenvalue weighted by molar-refractivity contribution is 5.72. The maximum absolute atomic E-state index is 12.4. The van der Waals surface area contributed by atoms with E-state index in [2.05, 4.69) is 27.7 Å². The maximum Gasteiger partial charge on any atom is 0.362 e. The van der Waals surface area contributed by atoms with Crippen LogP contribution in [0, 0.1) is 0 Å². The summed E-state index contributed by atoms with van der Waals surface area (Å²) in [5.41, 5.74) is 0. The van der Waals surface area contributed by atoms with Gasteiger partial charge in [0.25, 0.3) is 0 Å². The molecule has 0 heterocycles. The standard InChI is InChI=1S/C29H59NO2/c1-5-9-13-14-15-16-17-18-19-20-21-22-23-24-28(29(31)32)30(25-10-6-2,26-11-7-3)27-12-8-4/h28H,5-27H2,1-4H3/p+1. The number of carbonyl (C=O) groups is 1. The van der Waals surface area contributed by atoms with Gasteiger partial charge in [-0.3, -0.25) is 0 Å². The van der Waals surface area contributed by atoms with Crippen molar-refractivity contribution in [3.8, 4) is 0 Å². The van der Waals surface area contributed by atoms with Crippen LogP contribution in [0.3, 0.4) is 0 Å². The zero-order valence-electron chi connectivity index (χ0n) is 22.6. The van der Waals surface area contributed by atoms with Gasteiger partial charge in [-0.2, -0.15) is 0 Å². The summed E-state index contributed by atoms with van der Waals surface area (Å²) in [5, 5.41) is 10.2. The van der Waals surface area contributed by atoms with Crippen LogP contribution in [0.1, 0.15) is 156 Å². The Labute approximate surface area is 202 Å². The molecule has 1 unspecified atom stereocenters. The van der Waals surface area contributed by atoms with E-state index in [0.717, 1.165) is 75.5 Å². The van der Waals surface area contributed by atoms with E-state index in [-0.39, 0.29) is 6.04 Å². The van der Waals surface area contributed by atoms with Gasteiger partial charge >= 0.3 is 5.97 Å². The number of hydrogen-bond acceptors (Lipinski definition) is 1. The van der Waals surface area contributed by atoms with Crippen LogP contribution in [-0.4, -0.2) is 41.2 Å². The van der Waals surface area contributed by atoms with E-state index in [0.29, 0.717) is 0 Å². The summed E-state index contributed by atoms with van der Waals surface area (Å²) in [6.07, 6.45) is 25.2. The molecular weight excluding hydrogens is 394 g/mol. The van der Waals surface area contributed by atoms with Crippen LogP contribution < -0.4 is 0 Å². The van der Waals surface area contributed by atoms with Crippen LogP contribution in [0.25, 0.3) is 0 Å². The fraction of sp³-hybridized carbons (Fsp3) is 0.966. The first-order chi connectivity index (χ1) is 15.6. The van der Waals surface area contributed by atoms with Gasteiger partial charge in [-0.25, -0.2) is 4.79 Å². The lowest BCUT2D eigenvalue weighted by molar-refractivity contribution is -0.944. The molecule has 0 aliphatic rings. The van der Waals surface area contributed by atoms with Crippen LogP contribution in [0.4, 0.5) is 0 Å². The largest absolute Gasteiger partial charge is 0.477 e. The molecule has 0 rings (SSSR count). The minimum atomic E-state index is -0.549. The van der Waals surface area contributed by atoms with Gasteiger partial charge in [0.15, 0.2) is 6.04 Å². The summed E-state index contributed by atoms with van der Waals surface area (Å²) in [6.45, 7) is 12.1. The Balaban J connectivity index is 4.35. The van der Waals surface area contributed by atoms with Crippen molar-refractivity contribution < 1.29 is 14.4 Å².